The Labute approximate surface area is 185 Å². The Kier molecular flexibility index (Phi) is 9.06. The van der Waals surface area contributed by atoms with Crippen LogP contribution in [-0.2, 0) is 9.59 Å². The van der Waals surface area contributed by atoms with E-state index in [2.05, 4.69) is 41.8 Å². The third kappa shape index (κ3) is 7.19. The lowest BCUT2D eigenvalue weighted by molar-refractivity contribution is -0.896. The minimum absolute atomic E-state index is 0.102. The molecular weight excluding hydrogens is 388 g/mol. The maximum atomic E-state index is 12.9. The van der Waals surface area contributed by atoms with Gasteiger partial charge in [-0.05, 0) is 6.42 Å². The van der Waals surface area contributed by atoms with Gasteiger partial charge >= 0.3 is 0 Å². The monoisotopic (exact) mass is 424 g/mol. The van der Waals surface area contributed by atoms with E-state index < -0.39 is 0 Å². The van der Waals surface area contributed by atoms with E-state index in [-0.39, 0.29) is 17.9 Å². The molecule has 4 N–H and O–H groups in total. The molecule has 0 atom stereocenters. The standard InChI is InChI=1S/C25H34N4O2/c1-2-3-14-26-23(30)20-28-15-17-29(18-16-28)24(31)19-27-25(21-10-6-4-7-11-21)22-12-8-5-9-13-22/h4-13,25,27H,2-3,14-20H2,1H3,(H,26,30)/p+2. The molecule has 2 aromatic rings. The van der Waals surface area contributed by atoms with Crippen molar-refractivity contribution in [3.05, 3.63) is 71.8 Å². The quantitative estimate of drug-likeness (QED) is 0.470. The van der Waals surface area contributed by atoms with E-state index in [1.54, 1.807) is 0 Å². The van der Waals surface area contributed by atoms with E-state index in [9.17, 15) is 9.59 Å². The molecule has 0 aromatic heterocycles. The predicted molar refractivity (Wildman–Crippen MR) is 122 cm³/mol. The number of nitrogens with one attached hydrogen (secondary N) is 2. The van der Waals surface area contributed by atoms with Crippen LogP contribution in [0.4, 0.5) is 0 Å². The van der Waals surface area contributed by atoms with Gasteiger partial charge in [0.15, 0.2) is 13.1 Å². The SMILES string of the molecule is CCCCNC(=O)C[NH+]1CCN(C(=O)C[NH2+]C(c2ccccc2)c2ccccc2)CC1. The Balaban J connectivity index is 1.48. The lowest BCUT2D eigenvalue weighted by Gasteiger charge is -2.31. The van der Waals surface area contributed by atoms with Crippen molar-refractivity contribution in [1.82, 2.24) is 10.2 Å². The van der Waals surface area contributed by atoms with Gasteiger partial charge in [-0.25, -0.2) is 0 Å². The summed E-state index contributed by atoms with van der Waals surface area (Å²) in [5.41, 5.74) is 2.40. The van der Waals surface area contributed by atoms with Crippen LogP contribution in [-0.4, -0.2) is 62.5 Å². The van der Waals surface area contributed by atoms with Gasteiger partial charge in [0, 0.05) is 17.7 Å². The second-order valence-electron chi connectivity index (χ2n) is 8.25. The molecule has 6 heteroatoms. The maximum absolute atomic E-state index is 12.9. The minimum Gasteiger partial charge on any atom is -0.351 e. The Morgan fingerprint density at radius 3 is 2.13 bits per heavy atom. The van der Waals surface area contributed by atoms with E-state index in [0.29, 0.717) is 26.2 Å². The molecule has 31 heavy (non-hydrogen) atoms. The van der Waals surface area contributed by atoms with Crippen molar-refractivity contribution in [3.8, 4) is 0 Å². The van der Waals surface area contributed by atoms with Crippen LogP contribution in [0.5, 0.6) is 0 Å². The fourth-order valence-corrected chi connectivity index (χ4v) is 4.08. The number of benzene rings is 2. The van der Waals surface area contributed by atoms with E-state index in [4.69, 9.17) is 0 Å². The topological polar surface area (TPSA) is 70.5 Å². The van der Waals surface area contributed by atoms with Crippen molar-refractivity contribution in [3.63, 3.8) is 0 Å². The van der Waals surface area contributed by atoms with Gasteiger partial charge in [0.05, 0.1) is 26.2 Å². The molecule has 3 rings (SSSR count). The Morgan fingerprint density at radius 2 is 1.58 bits per heavy atom. The first kappa shape index (κ1) is 23.0. The molecule has 6 nitrogen and oxygen atoms in total. The largest absolute Gasteiger partial charge is 0.351 e. The van der Waals surface area contributed by atoms with Crippen LogP contribution in [0.2, 0.25) is 0 Å². The molecule has 1 saturated heterocycles. The summed E-state index contributed by atoms with van der Waals surface area (Å²) in [6.07, 6.45) is 2.10. The summed E-state index contributed by atoms with van der Waals surface area (Å²) >= 11 is 0. The number of amides is 2. The first-order chi connectivity index (χ1) is 15.2. The molecule has 0 bridgehead atoms. The highest BCUT2D eigenvalue weighted by Crippen LogP contribution is 2.17. The molecule has 166 valence electrons. The van der Waals surface area contributed by atoms with Crippen LogP contribution in [0.25, 0.3) is 0 Å². The number of carbonyl (C=O) groups excluding carboxylic acids is 2. The normalized spacial score (nSPS) is 14.6. The first-order valence-electron chi connectivity index (χ1n) is 11.5. The second-order valence-corrected chi connectivity index (χ2v) is 8.25. The highest BCUT2D eigenvalue weighted by Gasteiger charge is 2.27. The van der Waals surface area contributed by atoms with Crippen LogP contribution >= 0.6 is 0 Å². The highest BCUT2D eigenvalue weighted by molar-refractivity contribution is 5.77. The number of rotatable bonds is 10. The molecule has 0 radical (unpaired) electrons. The van der Waals surface area contributed by atoms with E-state index in [1.165, 1.54) is 16.0 Å². The molecule has 1 heterocycles. The zero-order valence-corrected chi connectivity index (χ0v) is 18.6. The van der Waals surface area contributed by atoms with Gasteiger partial charge < -0.3 is 20.4 Å². The third-order valence-electron chi connectivity index (χ3n) is 5.93. The van der Waals surface area contributed by atoms with Crippen molar-refractivity contribution in [2.75, 3.05) is 45.8 Å². The predicted octanol–water partition coefficient (Wildman–Crippen LogP) is -0.0172. The molecule has 0 spiro atoms. The summed E-state index contributed by atoms with van der Waals surface area (Å²) in [4.78, 5) is 28.1. The third-order valence-corrected chi connectivity index (χ3v) is 5.93. The Hall–Kier alpha value is -2.70. The number of hydrogen-bond acceptors (Lipinski definition) is 2. The van der Waals surface area contributed by atoms with Crippen molar-refractivity contribution in [2.45, 2.75) is 25.8 Å². The number of nitrogens with two attached hydrogens (primary N) is 1. The lowest BCUT2D eigenvalue weighted by Crippen LogP contribution is -3.16. The van der Waals surface area contributed by atoms with Crippen molar-refractivity contribution < 1.29 is 19.8 Å². The molecular formula is C25H36N4O2+2. The number of piperazine rings is 1. The Morgan fingerprint density at radius 1 is 1.00 bits per heavy atom. The summed E-state index contributed by atoms with van der Waals surface area (Å²) in [6, 6.07) is 20.8. The second kappa shape index (κ2) is 12.2. The highest BCUT2D eigenvalue weighted by atomic mass is 16.2. The number of quaternary nitrogens is 2. The first-order valence-corrected chi connectivity index (χ1v) is 11.5. The van der Waals surface area contributed by atoms with E-state index in [1.807, 2.05) is 41.3 Å². The molecule has 0 unspecified atom stereocenters. The van der Waals surface area contributed by atoms with Gasteiger partial charge in [-0.3, -0.25) is 9.59 Å². The number of carbonyl (C=O) groups is 2. The summed E-state index contributed by atoms with van der Waals surface area (Å²) < 4.78 is 0. The maximum Gasteiger partial charge on any atom is 0.278 e. The van der Waals surface area contributed by atoms with Crippen LogP contribution in [0.1, 0.15) is 36.9 Å². The molecule has 2 amide bonds. The molecule has 1 aliphatic heterocycles. The Bertz CT molecular complexity index is 765. The van der Waals surface area contributed by atoms with Gasteiger partial charge in [-0.2, -0.15) is 0 Å². The summed E-state index contributed by atoms with van der Waals surface area (Å²) in [7, 11) is 0. The van der Waals surface area contributed by atoms with Gasteiger partial charge in [-0.1, -0.05) is 74.0 Å². The zero-order valence-electron chi connectivity index (χ0n) is 18.6. The van der Waals surface area contributed by atoms with Gasteiger partial charge in [0.25, 0.3) is 11.8 Å². The van der Waals surface area contributed by atoms with Gasteiger partial charge in [0.2, 0.25) is 0 Å². The van der Waals surface area contributed by atoms with E-state index >= 15 is 0 Å². The van der Waals surface area contributed by atoms with Gasteiger partial charge in [-0.15, -0.1) is 0 Å². The summed E-state index contributed by atoms with van der Waals surface area (Å²) in [5.74, 6) is 0.286. The van der Waals surface area contributed by atoms with Crippen molar-refractivity contribution in [1.29, 1.82) is 0 Å². The van der Waals surface area contributed by atoms with Crippen molar-refractivity contribution in [2.24, 2.45) is 0 Å². The number of unbranched alkanes of at least 4 members (excludes halogenated alkanes) is 1. The molecule has 1 aliphatic rings. The van der Waals surface area contributed by atoms with Crippen LogP contribution in [0.3, 0.4) is 0 Å². The fraction of sp³-hybridized carbons (Fsp3) is 0.440. The van der Waals surface area contributed by atoms with Crippen LogP contribution in [0, 0.1) is 0 Å². The number of nitrogens with zero attached hydrogens (tertiary/aromatic N) is 1. The molecule has 2 aromatic carbocycles. The van der Waals surface area contributed by atoms with Crippen LogP contribution in [0.15, 0.2) is 60.7 Å². The summed E-state index contributed by atoms with van der Waals surface area (Å²) in [5, 5.41) is 5.12. The van der Waals surface area contributed by atoms with Crippen molar-refractivity contribution >= 4 is 11.8 Å². The van der Waals surface area contributed by atoms with Crippen LogP contribution < -0.4 is 15.5 Å². The average Bonchev–Trinajstić information content (AvgIpc) is 2.81. The summed E-state index contributed by atoms with van der Waals surface area (Å²) in [6.45, 7) is 6.88. The number of hydrogen-bond donors (Lipinski definition) is 3. The smallest absolute Gasteiger partial charge is 0.278 e. The molecule has 0 saturated carbocycles. The lowest BCUT2D eigenvalue weighted by atomic mass is 9.99. The fourth-order valence-electron chi connectivity index (χ4n) is 4.08. The molecule has 1 fully saturated rings. The molecule has 0 aliphatic carbocycles. The minimum atomic E-state index is 0.102. The van der Waals surface area contributed by atoms with Gasteiger partial charge in [0.1, 0.15) is 6.04 Å². The van der Waals surface area contributed by atoms with E-state index in [0.717, 1.165) is 32.5 Å². The zero-order chi connectivity index (χ0) is 21.9. The average molecular weight is 425 g/mol.